The lowest BCUT2D eigenvalue weighted by Crippen LogP contribution is -2.36. The maximum absolute atomic E-state index is 12.1. The van der Waals surface area contributed by atoms with Crippen LogP contribution in [0.15, 0.2) is 0 Å². The zero-order chi connectivity index (χ0) is 25.9. The number of nitrogens with one attached hydrogen (secondary N) is 3. The van der Waals surface area contributed by atoms with Crippen LogP contribution in [-0.4, -0.2) is 75.8 Å². The minimum Gasteiger partial charge on any atom is -0.446 e. The molecule has 0 aromatic carbocycles. The van der Waals surface area contributed by atoms with Gasteiger partial charge in [0.2, 0.25) is 6.10 Å². The summed E-state index contributed by atoms with van der Waals surface area (Å²) in [7, 11) is 0. The Morgan fingerprint density at radius 1 is 1.06 bits per heavy atom. The molecule has 2 aliphatic heterocycles. The Morgan fingerprint density at radius 3 is 2.64 bits per heavy atom. The highest BCUT2D eigenvalue weighted by atomic mass is 32.2. The molecule has 5 unspecified atom stereocenters. The third kappa shape index (κ3) is 8.59. The van der Waals surface area contributed by atoms with Crippen molar-refractivity contribution in [3.05, 3.63) is 0 Å². The highest BCUT2D eigenvalue weighted by molar-refractivity contribution is 8.00. The fourth-order valence-corrected chi connectivity index (χ4v) is 6.39. The van der Waals surface area contributed by atoms with Crippen LogP contribution in [0.1, 0.15) is 57.8 Å². The van der Waals surface area contributed by atoms with E-state index in [4.69, 9.17) is 14.8 Å². The average molecular weight is 550 g/mol. The van der Waals surface area contributed by atoms with E-state index in [9.17, 15) is 24.0 Å². The summed E-state index contributed by atoms with van der Waals surface area (Å²) >= 11 is 2.33. The quantitative estimate of drug-likeness (QED) is 0.0411. The number of esters is 1. The van der Waals surface area contributed by atoms with Gasteiger partial charge in [0.15, 0.2) is 11.6 Å². The predicted molar refractivity (Wildman–Crippen MR) is 127 cm³/mol. The average Bonchev–Trinajstić information content (AvgIpc) is 3.48. The van der Waals surface area contributed by atoms with Gasteiger partial charge in [-0.15, -0.1) is 4.33 Å². The monoisotopic (exact) mass is 549 g/mol. The number of thioether (sulfide) groups is 1. The number of hydrogen-bond acceptors (Lipinski definition) is 13. The van der Waals surface area contributed by atoms with Crippen LogP contribution in [-0.2, 0) is 38.1 Å². The van der Waals surface area contributed by atoms with E-state index < -0.39 is 28.9 Å². The maximum atomic E-state index is 12.1. The van der Waals surface area contributed by atoms with Gasteiger partial charge in [0.1, 0.15) is 5.25 Å². The first-order valence-electron chi connectivity index (χ1n) is 11.9. The molecule has 0 radical (unpaired) electrons. The third-order valence-electron chi connectivity index (χ3n) is 6.09. The summed E-state index contributed by atoms with van der Waals surface area (Å²) in [5.41, 5.74) is 2.63. The second-order valence-electron chi connectivity index (χ2n) is 8.72. The Labute approximate surface area is 216 Å². The summed E-state index contributed by atoms with van der Waals surface area (Å²) in [5, 5.41) is 16.9. The van der Waals surface area contributed by atoms with Crippen molar-refractivity contribution in [3.8, 4) is 0 Å². The summed E-state index contributed by atoms with van der Waals surface area (Å²) in [6, 6.07) is 0.275. The van der Waals surface area contributed by atoms with Crippen molar-refractivity contribution in [2.24, 2.45) is 0 Å². The molecule has 3 rings (SSSR count). The SMILES string of the molecule is O=C1NC2CSC(CCCCC(=O)ONCCCCCC(=O)OC3C(=O)CC(SOOO)C3=O)C2N1. The van der Waals surface area contributed by atoms with E-state index in [1.54, 1.807) is 0 Å². The van der Waals surface area contributed by atoms with Gasteiger partial charge in [-0.2, -0.15) is 17.2 Å². The van der Waals surface area contributed by atoms with Crippen molar-refractivity contribution >= 4 is 53.3 Å². The normalized spacial score (nSPS) is 27.0. The van der Waals surface area contributed by atoms with E-state index in [1.807, 2.05) is 11.8 Å². The topological polar surface area (TPSA) is 179 Å². The van der Waals surface area contributed by atoms with Crippen molar-refractivity contribution < 1.29 is 48.2 Å². The molecule has 2 heterocycles. The molecule has 3 aliphatic rings. The molecule has 2 saturated heterocycles. The van der Waals surface area contributed by atoms with Crippen molar-refractivity contribution in [2.75, 3.05) is 12.3 Å². The number of amides is 2. The standard InChI is InChI=1S/C21H31N3O10S2/c25-13-10-15(36-34-33-30)19(28)20(13)31-16(26)7-2-1-5-9-22-32-17(27)8-4-3-6-14-18-12(11-35-14)23-21(29)24-18/h12,14-15,18,20,22,30H,1-11H2,(H2,23,24,29). The third-order valence-corrected chi connectivity index (χ3v) is 8.37. The van der Waals surface area contributed by atoms with E-state index in [0.717, 1.165) is 18.6 Å². The molecule has 13 nitrogen and oxygen atoms in total. The number of hydroxylamine groups is 1. The van der Waals surface area contributed by atoms with Gasteiger partial charge < -0.3 is 20.2 Å². The largest absolute Gasteiger partial charge is 0.446 e. The molecule has 2 amide bonds. The molecule has 5 atom stereocenters. The molecule has 15 heteroatoms. The number of unbranched alkanes of at least 4 members (excludes halogenated alkanes) is 3. The number of rotatable bonds is 16. The second kappa shape index (κ2) is 14.7. The number of carbonyl (C=O) groups is 5. The van der Waals surface area contributed by atoms with Gasteiger partial charge in [0.05, 0.1) is 12.1 Å². The molecule has 0 spiro atoms. The van der Waals surface area contributed by atoms with Crippen molar-refractivity contribution in [3.63, 3.8) is 0 Å². The second-order valence-corrected chi connectivity index (χ2v) is 10.9. The Bertz CT molecular complexity index is 817. The van der Waals surface area contributed by atoms with Crippen LogP contribution in [0.2, 0.25) is 0 Å². The van der Waals surface area contributed by atoms with E-state index in [0.29, 0.717) is 55.9 Å². The molecule has 202 valence electrons. The van der Waals surface area contributed by atoms with Crippen LogP contribution in [0.3, 0.4) is 0 Å². The predicted octanol–water partition coefficient (Wildman–Crippen LogP) is 1.21. The van der Waals surface area contributed by atoms with Crippen molar-refractivity contribution in [1.29, 1.82) is 0 Å². The Hall–Kier alpha value is -1.91. The van der Waals surface area contributed by atoms with Crippen LogP contribution in [0, 0.1) is 0 Å². The summed E-state index contributed by atoms with van der Waals surface area (Å²) in [5.74, 6) is -1.19. The van der Waals surface area contributed by atoms with E-state index in [2.05, 4.69) is 25.5 Å². The summed E-state index contributed by atoms with van der Waals surface area (Å²) < 4.78 is 9.17. The lowest BCUT2D eigenvalue weighted by molar-refractivity contribution is -0.432. The van der Waals surface area contributed by atoms with Gasteiger partial charge >= 0.3 is 18.0 Å². The summed E-state index contributed by atoms with van der Waals surface area (Å²) in [4.78, 5) is 64.1. The smallest absolute Gasteiger partial charge is 0.324 e. The minimum atomic E-state index is -1.45. The Morgan fingerprint density at radius 2 is 1.83 bits per heavy atom. The molecular weight excluding hydrogens is 518 g/mol. The number of fused-ring (bicyclic) bond motifs is 1. The zero-order valence-electron chi connectivity index (χ0n) is 19.6. The molecule has 0 aromatic rings. The van der Waals surface area contributed by atoms with Crippen LogP contribution in [0.4, 0.5) is 4.79 Å². The summed E-state index contributed by atoms with van der Waals surface area (Å²) in [6.07, 6.45) is 3.06. The van der Waals surface area contributed by atoms with Crippen molar-refractivity contribution in [1.82, 2.24) is 16.1 Å². The van der Waals surface area contributed by atoms with E-state index in [-0.39, 0.29) is 36.9 Å². The molecule has 3 fully saturated rings. The van der Waals surface area contributed by atoms with Gasteiger partial charge in [0.25, 0.3) is 0 Å². The highest BCUT2D eigenvalue weighted by Gasteiger charge is 2.45. The van der Waals surface area contributed by atoms with Gasteiger partial charge in [-0.3, -0.25) is 19.2 Å². The molecular formula is C21H31N3O10S2. The first-order valence-corrected chi connectivity index (χ1v) is 13.7. The summed E-state index contributed by atoms with van der Waals surface area (Å²) in [6.45, 7) is 0.431. The van der Waals surface area contributed by atoms with Gasteiger partial charge in [0, 0.05) is 48.9 Å². The molecule has 36 heavy (non-hydrogen) atoms. The number of Topliss-reactive ketones (excluding diaryl/α,β-unsaturated/α-hetero) is 2. The van der Waals surface area contributed by atoms with Crippen LogP contribution in [0.5, 0.6) is 0 Å². The Balaban J connectivity index is 1.14. The van der Waals surface area contributed by atoms with E-state index in [1.165, 1.54) is 0 Å². The fourth-order valence-electron chi connectivity index (χ4n) is 4.26. The lowest BCUT2D eigenvalue weighted by atomic mass is 10.0. The number of urea groups is 1. The maximum Gasteiger partial charge on any atom is 0.324 e. The molecule has 0 aromatic heterocycles. The van der Waals surface area contributed by atoms with Crippen LogP contribution < -0.4 is 16.1 Å². The van der Waals surface area contributed by atoms with Gasteiger partial charge in [-0.25, -0.2) is 10.1 Å². The first-order chi connectivity index (χ1) is 17.4. The number of hydrogen-bond donors (Lipinski definition) is 4. The first kappa shape index (κ1) is 28.7. The Kier molecular flexibility index (Phi) is 11.7. The molecule has 0 bridgehead atoms. The fraction of sp³-hybridized carbons (Fsp3) is 0.762. The van der Waals surface area contributed by atoms with Gasteiger partial charge in [-0.1, -0.05) is 17.9 Å². The van der Waals surface area contributed by atoms with Crippen LogP contribution >= 0.6 is 23.8 Å². The highest BCUT2D eigenvalue weighted by Crippen LogP contribution is 2.33. The van der Waals surface area contributed by atoms with Crippen LogP contribution in [0.25, 0.3) is 0 Å². The van der Waals surface area contributed by atoms with E-state index >= 15 is 0 Å². The van der Waals surface area contributed by atoms with Gasteiger partial charge in [-0.05, 0) is 25.7 Å². The molecule has 1 aliphatic carbocycles. The number of ketones is 2. The number of ether oxygens (including phenoxy) is 1. The minimum absolute atomic E-state index is 0.0472. The molecule has 4 N–H and O–H groups in total. The lowest BCUT2D eigenvalue weighted by Gasteiger charge is -2.16. The zero-order valence-corrected chi connectivity index (χ0v) is 21.2. The molecule has 1 saturated carbocycles. The van der Waals surface area contributed by atoms with Crippen molar-refractivity contribution in [2.45, 2.75) is 86.5 Å². The number of carbonyl (C=O) groups excluding carboxylic acids is 5.